The molecule has 4 heteroatoms. The number of nitrogens with one attached hydrogen (secondary N) is 2. The van der Waals surface area contributed by atoms with E-state index in [1.165, 1.54) is 0 Å². The van der Waals surface area contributed by atoms with Crippen LogP contribution in [0.15, 0.2) is 17.1 Å². The molecule has 0 saturated carbocycles. The number of hydrogen-bond acceptors (Lipinski definition) is 2. The Morgan fingerprint density at radius 2 is 2.20 bits per heavy atom. The molecule has 84 valence electrons. The first-order chi connectivity index (χ1) is 6.93. The minimum Gasteiger partial charge on any atom is -0.384 e. The maximum absolute atomic E-state index is 11.5. The number of aromatic amines is 1. The predicted molar refractivity (Wildman–Crippen MR) is 61.6 cm³/mol. The van der Waals surface area contributed by atoms with Crippen LogP contribution >= 0.6 is 0 Å². The smallest absolute Gasteiger partial charge is 0.269 e. The number of allylic oxidation sites excluding steroid dienone is 1. The second-order valence-electron chi connectivity index (χ2n) is 4.10. The van der Waals surface area contributed by atoms with Crippen LogP contribution in [0, 0.1) is 12.8 Å². The molecule has 0 fully saturated rings. The predicted octanol–water partition coefficient (Wildman–Crippen LogP) is 1.28. The Kier molecular flexibility index (Phi) is 3.39. The molecule has 15 heavy (non-hydrogen) atoms. The highest BCUT2D eigenvalue weighted by molar-refractivity contribution is 5.17. The van der Waals surface area contributed by atoms with Crippen molar-refractivity contribution in [1.29, 1.82) is 0 Å². The first-order valence-electron chi connectivity index (χ1n) is 5.10. The third kappa shape index (κ3) is 2.52. The molecule has 2 N–H and O–H groups in total. The van der Waals surface area contributed by atoms with Gasteiger partial charge in [0.25, 0.3) is 5.56 Å². The van der Waals surface area contributed by atoms with E-state index in [9.17, 15) is 4.79 Å². The summed E-state index contributed by atoms with van der Waals surface area (Å²) in [6.07, 6.45) is 0. The fourth-order valence-corrected chi connectivity index (χ4v) is 1.28. The summed E-state index contributed by atoms with van der Waals surface area (Å²) in [5.74, 6) is 0.382. The normalized spacial score (nSPS) is 10.7. The van der Waals surface area contributed by atoms with E-state index in [0.29, 0.717) is 12.5 Å². The van der Waals surface area contributed by atoms with Crippen molar-refractivity contribution < 1.29 is 0 Å². The molecule has 0 radical (unpaired) electrons. The Morgan fingerprint density at radius 1 is 1.60 bits per heavy atom. The maximum atomic E-state index is 11.5. The molecular weight excluding hydrogens is 190 g/mol. The molecule has 0 aromatic carbocycles. The van der Waals surface area contributed by atoms with Crippen molar-refractivity contribution in [3.8, 4) is 0 Å². The van der Waals surface area contributed by atoms with E-state index in [2.05, 4.69) is 30.8 Å². The molecule has 0 bridgehead atoms. The van der Waals surface area contributed by atoms with E-state index < -0.39 is 0 Å². The largest absolute Gasteiger partial charge is 0.384 e. The van der Waals surface area contributed by atoms with E-state index in [1.807, 2.05) is 14.0 Å². The summed E-state index contributed by atoms with van der Waals surface area (Å²) in [5, 5.41) is 5.89. The molecule has 0 amide bonds. The Hall–Kier alpha value is -1.45. The molecule has 0 saturated heterocycles. The van der Waals surface area contributed by atoms with Crippen LogP contribution in [-0.2, 0) is 13.6 Å². The molecule has 1 aromatic heterocycles. The third-order valence-corrected chi connectivity index (χ3v) is 2.67. The topological polar surface area (TPSA) is 49.8 Å². The Labute approximate surface area is 90.0 Å². The molecule has 0 spiro atoms. The van der Waals surface area contributed by atoms with Crippen molar-refractivity contribution in [2.45, 2.75) is 27.3 Å². The lowest BCUT2D eigenvalue weighted by molar-refractivity contribution is 0.652. The van der Waals surface area contributed by atoms with Crippen LogP contribution in [0.1, 0.15) is 25.1 Å². The molecule has 0 aliphatic heterocycles. The highest BCUT2D eigenvalue weighted by atomic mass is 16.1. The number of H-pyrrole nitrogens is 1. The summed E-state index contributed by atoms with van der Waals surface area (Å²) in [7, 11) is 1.83. The van der Waals surface area contributed by atoms with Crippen LogP contribution in [0.2, 0.25) is 0 Å². The van der Waals surface area contributed by atoms with Crippen molar-refractivity contribution in [2.75, 3.05) is 0 Å². The lowest BCUT2D eigenvalue weighted by Crippen LogP contribution is -2.20. The van der Waals surface area contributed by atoms with Crippen molar-refractivity contribution in [2.24, 2.45) is 13.0 Å². The fraction of sp³-hybridized carbons (Fsp3) is 0.545. The third-order valence-electron chi connectivity index (χ3n) is 2.67. The SMILES string of the molecule is C=C(NCc1c(C)n(C)[nH]c1=O)C(C)C. The molecule has 0 atom stereocenters. The average molecular weight is 209 g/mol. The Morgan fingerprint density at radius 3 is 2.60 bits per heavy atom. The quantitative estimate of drug-likeness (QED) is 0.785. The van der Waals surface area contributed by atoms with Gasteiger partial charge in [0.2, 0.25) is 0 Å². The van der Waals surface area contributed by atoms with Gasteiger partial charge in [0.1, 0.15) is 0 Å². The Bertz CT molecular complexity index is 412. The molecule has 0 unspecified atom stereocenters. The first-order valence-corrected chi connectivity index (χ1v) is 5.10. The van der Waals surface area contributed by atoms with Crippen LogP contribution in [0.25, 0.3) is 0 Å². The summed E-state index contributed by atoms with van der Waals surface area (Å²) in [5.41, 5.74) is 2.67. The van der Waals surface area contributed by atoms with Gasteiger partial charge in [0, 0.05) is 25.0 Å². The summed E-state index contributed by atoms with van der Waals surface area (Å²) in [6.45, 7) is 10.5. The zero-order valence-electron chi connectivity index (χ0n) is 9.85. The number of aromatic nitrogens is 2. The van der Waals surface area contributed by atoms with Gasteiger partial charge in [-0.3, -0.25) is 14.6 Å². The number of hydrogen-bond donors (Lipinski definition) is 2. The highest BCUT2D eigenvalue weighted by Crippen LogP contribution is 2.05. The van der Waals surface area contributed by atoms with Gasteiger partial charge in [0.05, 0.1) is 5.56 Å². The van der Waals surface area contributed by atoms with Crippen molar-refractivity contribution in [3.63, 3.8) is 0 Å². The van der Waals surface area contributed by atoms with Gasteiger partial charge in [-0.25, -0.2) is 0 Å². The van der Waals surface area contributed by atoms with E-state index in [1.54, 1.807) is 4.68 Å². The van der Waals surface area contributed by atoms with Crippen molar-refractivity contribution >= 4 is 0 Å². The van der Waals surface area contributed by atoms with Crippen LogP contribution in [0.5, 0.6) is 0 Å². The van der Waals surface area contributed by atoms with Gasteiger partial charge in [-0.1, -0.05) is 20.4 Å². The van der Waals surface area contributed by atoms with Crippen molar-refractivity contribution in [3.05, 3.63) is 33.9 Å². The lowest BCUT2D eigenvalue weighted by Gasteiger charge is -2.11. The number of rotatable bonds is 4. The van der Waals surface area contributed by atoms with E-state index in [4.69, 9.17) is 0 Å². The number of nitrogens with zero attached hydrogens (tertiary/aromatic N) is 1. The molecule has 1 rings (SSSR count). The fourth-order valence-electron chi connectivity index (χ4n) is 1.28. The molecule has 1 aromatic rings. The van der Waals surface area contributed by atoms with Crippen LogP contribution < -0.4 is 10.9 Å². The van der Waals surface area contributed by atoms with E-state index >= 15 is 0 Å². The zero-order chi connectivity index (χ0) is 11.6. The van der Waals surface area contributed by atoms with E-state index in [-0.39, 0.29) is 5.56 Å². The van der Waals surface area contributed by atoms with Gasteiger partial charge in [0.15, 0.2) is 0 Å². The monoisotopic (exact) mass is 209 g/mol. The zero-order valence-corrected chi connectivity index (χ0v) is 9.85. The summed E-state index contributed by atoms with van der Waals surface area (Å²) < 4.78 is 1.73. The first kappa shape index (κ1) is 11.6. The second-order valence-corrected chi connectivity index (χ2v) is 4.10. The molecular formula is C11H19N3O. The maximum Gasteiger partial charge on any atom is 0.269 e. The van der Waals surface area contributed by atoms with Crippen LogP contribution in [0.3, 0.4) is 0 Å². The summed E-state index contributed by atoms with van der Waals surface area (Å²) in [4.78, 5) is 11.5. The summed E-state index contributed by atoms with van der Waals surface area (Å²) >= 11 is 0. The van der Waals surface area contributed by atoms with Gasteiger partial charge in [-0.15, -0.1) is 0 Å². The van der Waals surface area contributed by atoms with Gasteiger partial charge in [-0.05, 0) is 12.8 Å². The summed E-state index contributed by atoms with van der Waals surface area (Å²) in [6, 6.07) is 0. The second kappa shape index (κ2) is 4.38. The van der Waals surface area contributed by atoms with Crippen LogP contribution in [0.4, 0.5) is 0 Å². The van der Waals surface area contributed by atoms with Crippen molar-refractivity contribution in [1.82, 2.24) is 15.1 Å². The minimum absolute atomic E-state index is 0.0287. The number of aryl methyl sites for hydroxylation is 1. The molecule has 1 heterocycles. The molecule has 0 aliphatic rings. The standard InChI is InChI=1S/C11H19N3O/c1-7(2)8(3)12-6-10-9(4)14(5)13-11(10)15/h7,12H,3,6H2,1-2,4-5H3,(H,13,15). The average Bonchev–Trinajstić information content (AvgIpc) is 2.38. The minimum atomic E-state index is -0.0287. The van der Waals surface area contributed by atoms with E-state index in [0.717, 1.165) is 17.0 Å². The van der Waals surface area contributed by atoms with Gasteiger partial charge < -0.3 is 5.32 Å². The molecule has 4 nitrogen and oxygen atoms in total. The molecule has 0 aliphatic carbocycles. The van der Waals surface area contributed by atoms with Crippen LogP contribution in [-0.4, -0.2) is 9.78 Å². The van der Waals surface area contributed by atoms with Gasteiger partial charge in [-0.2, -0.15) is 0 Å². The highest BCUT2D eigenvalue weighted by Gasteiger charge is 2.09. The van der Waals surface area contributed by atoms with Gasteiger partial charge >= 0.3 is 0 Å². The Balaban J connectivity index is 2.74. The lowest BCUT2D eigenvalue weighted by atomic mass is 10.1.